The van der Waals surface area contributed by atoms with Crippen molar-refractivity contribution in [2.45, 2.75) is 19.8 Å². The number of hydrogen-bond donors (Lipinski definition) is 1. The zero-order valence-corrected chi connectivity index (χ0v) is 13.9. The van der Waals surface area contributed by atoms with Gasteiger partial charge in [-0.25, -0.2) is 8.91 Å². The number of amides is 1. The van der Waals surface area contributed by atoms with E-state index in [1.165, 1.54) is 19.1 Å². The van der Waals surface area contributed by atoms with Crippen LogP contribution in [0.5, 0.6) is 5.75 Å². The molecule has 1 aliphatic heterocycles. The Labute approximate surface area is 144 Å². The van der Waals surface area contributed by atoms with Gasteiger partial charge in [0.1, 0.15) is 11.6 Å². The van der Waals surface area contributed by atoms with Gasteiger partial charge in [0.15, 0.2) is 0 Å². The third-order valence-electron chi connectivity index (χ3n) is 4.44. The number of fused-ring (bicyclic) bond motifs is 3. The zero-order chi connectivity index (χ0) is 17.4. The molecule has 0 saturated heterocycles. The fourth-order valence-corrected chi connectivity index (χ4v) is 3.33. The summed E-state index contributed by atoms with van der Waals surface area (Å²) in [4.78, 5) is 11.2. The Morgan fingerprint density at radius 2 is 2.12 bits per heavy atom. The summed E-state index contributed by atoms with van der Waals surface area (Å²) in [7, 11) is 0. The smallest absolute Gasteiger partial charge is 0.216 e. The Morgan fingerprint density at radius 3 is 2.88 bits per heavy atom. The third kappa shape index (κ3) is 2.84. The van der Waals surface area contributed by atoms with E-state index < -0.39 is 0 Å². The molecule has 1 aliphatic rings. The molecule has 0 atom stereocenters. The van der Waals surface area contributed by atoms with Crippen molar-refractivity contribution in [3.63, 3.8) is 0 Å². The second kappa shape index (κ2) is 6.20. The lowest BCUT2D eigenvalue weighted by Crippen LogP contribution is -2.22. The molecule has 128 valence electrons. The van der Waals surface area contributed by atoms with E-state index in [2.05, 4.69) is 5.32 Å². The topological polar surface area (TPSA) is 55.6 Å². The maximum atomic E-state index is 13.3. The summed E-state index contributed by atoms with van der Waals surface area (Å²) in [6, 6.07) is 8.26. The molecule has 0 unspecified atom stereocenters. The molecule has 3 heterocycles. The molecule has 2 aromatic heterocycles. The fraction of sp³-hybridized carbons (Fsp3) is 0.263. The van der Waals surface area contributed by atoms with E-state index in [-0.39, 0.29) is 11.7 Å². The number of pyridine rings is 1. The second-order valence-electron chi connectivity index (χ2n) is 6.12. The number of carbonyl (C=O) groups is 1. The minimum atomic E-state index is -0.276. The van der Waals surface area contributed by atoms with Gasteiger partial charge in [-0.1, -0.05) is 0 Å². The van der Waals surface area contributed by atoms with Crippen molar-refractivity contribution in [1.29, 1.82) is 0 Å². The van der Waals surface area contributed by atoms with E-state index >= 15 is 0 Å². The number of carbonyl (C=O) groups excluding carboxylic acids is 1. The molecule has 0 fully saturated rings. The number of benzene rings is 1. The largest absolute Gasteiger partial charge is 0.493 e. The van der Waals surface area contributed by atoms with Crippen molar-refractivity contribution >= 4 is 11.4 Å². The molecule has 1 aromatic carbocycles. The number of nitrogens with zero attached hydrogens (tertiary/aromatic N) is 2. The first-order chi connectivity index (χ1) is 12.1. The van der Waals surface area contributed by atoms with Crippen molar-refractivity contribution in [1.82, 2.24) is 14.9 Å². The van der Waals surface area contributed by atoms with Crippen LogP contribution in [0.4, 0.5) is 4.39 Å². The van der Waals surface area contributed by atoms with Crippen molar-refractivity contribution in [3.8, 4) is 17.0 Å². The quantitative estimate of drug-likeness (QED) is 0.795. The second-order valence-corrected chi connectivity index (χ2v) is 6.12. The Bertz CT molecular complexity index is 947. The van der Waals surface area contributed by atoms with Crippen LogP contribution in [0.15, 0.2) is 36.5 Å². The van der Waals surface area contributed by atoms with Gasteiger partial charge in [0.2, 0.25) is 5.91 Å². The average Bonchev–Trinajstić information content (AvgIpc) is 3.19. The Kier molecular flexibility index (Phi) is 3.87. The van der Waals surface area contributed by atoms with Gasteiger partial charge in [0.25, 0.3) is 0 Å². The van der Waals surface area contributed by atoms with Crippen LogP contribution in [0.25, 0.3) is 16.8 Å². The molecule has 25 heavy (non-hydrogen) atoms. The molecule has 3 aromatic rings. The predicted molar refractivity (Wildman–Crippen MR) is 92.2 cm³/mol. The summed E-state index contributed by atoms with van der Waals surface area (Å²) in [5.74, 6) is 0.550. The molecule has 0 bridgehead atoms. The highest BCUT2D eigenvalue weighted by molar-refractivity contribution is 5.77. The Balaban J connectivity index is 1.86. The van der Waals surface area contributed by atoms with Gasteiger partial charge < -0.3 is 10.1 Å². The number of halogens is 1. The molecule has 1 amide bonds. The van der Waals surface area contributed by atoms with Gasteiger partial charge in [-0.2, -0.15) is 5.10 Å². The van der Waals surface area contributed by atoms with Crippen LogP contribution in [-0.4, -0.2) is 28.7 Å². The molecule has 0 radical (unpaired) electrons. The molecule has 1 N–H and O–H groups in total. The zero-order valence-electron chi connectivity index (χ0n) is 13.9. The number of rotatable bonds is 4. The van der Waals surface area contributed by atoms with Crippen LogP contribution in [0.3, 0.4) is 0 Å². The predicted octanol–water partition coefficient (Wildman–Crippen LogP) is 2.75. The third-order valence-corrected chi connectivity index (χ3v) is 4.44. The summed E-state index contributed by atoms with van der Waals surface area (Å²) in [5.41, 5.74) is 4.88. The van der Waals surface area contributed by atoms with Gasteiger partial charge in [0, 0.05) is 42.8 Å². The van der Waals surface area contributed by atoms with E-state index in [4.69, 9.17) is 9.84 Å². The lowest BCUT2D eigenvalue weighted by atomic mass is 10.0. The fourth-order valence-electron chi connectivity index (χ4n) is 3.33. The van der Waals surface area contributed by atoms with Gasteiger partial charge in [-0.3, -0.25) is 4.79 Å². The Hall–Kier alpha value is -2.89. The molecular weight excluding hydrogens is 321 g/mol. The van der Waals surface area contributed by atoms with Crippen LogP contribution < -0.4 is 10.1 Å². The number of nitrogens with one attached hydrogen (secondary N) is 1. The van der Waals surface area contributed by atoms with Crippen molar-refractivity contribution in [2.75, 3.05) is 13.2 Å². The SMILES string of the molecule is CC(=O)NCCc1c(-c2ccc(F)cc2)nn2ccc3c(c12)CCO3. The molecule has 0 saturated carbocycles. The molecule has 4 rings (SSSR count). The number of ether oxygens (including phenoxy) is 1. The van der Waals surface area contributed by atoms with Crippen molar-refractivity contribution < 1.29 is 13.9 Å². The molecule has 6 heteroatoms. The van der Waals surface area contributed by atoms with E-state index in [9.17, 15) is 9.18 Å². The van der Waals surface area contributed by atoms with Crippen molar-refractivity contribution in [2.24, 2.45) is 0 Å². The number of aromatic nitrogens is 2. The van der Waals surface area contributed by atoms with Crippen molar-refractivity contribution in [3.05, 3.63) is 53.5 Å². The monoisotopic (exact) mass is 339 g/mol. The molecule has 5 nitrogen and oxygen atoms in total. The highest BCUT2D eigenvalue weighted by Gasteiger charge is 2.22. The van der Waals surface area contributed by atoms with E-state index in [0.717, 1.165) is 40.1 Å². The first-order valence-corrected chi connectivity index (χ1v) is 8.30. The van der Waals surface area contributed by atoms with E-state index in [0.29, 0.717) is 19.6 Å². The maximum Gasteiger partial charge on any atom is 0.216 e. The van der Waals surface area contributed by atoms with E-state index in [1.54, 1.807) is 12.1 Å². The summed E-state index contributed by atoms with van der Waals surface area (Å²) in [5, 5.41) is 7.55. The maximum absolute atomic E-state index is 13.3. The van der Waals surface area contributed by atoms with Crippen LogP contribution in [0.1, 0.15) is 18.1 Å². The first kappa shape index (κ1) is 15.6. The minimum Gasteiger partial charge on any atom is -0.493 e. The molecular formula is C19H18FN3O2. The van der Waals surface area contributed by atoms with Crippen LogP contribution in [0, 0.1) is 5.82 Å². The van der Waals surface area contributed by atoms with Gasteiger partial charge in [-0.15, -0.1) is 0 Å². The normalized spacial score (nSPS) is 12.9. The minimum absolute atomic E-state index is 0.0617. The highest BCUT2D eigenvalue weighted by atomic mass is 19.1. The van der Waals surface area contributed by atoms with E-state index in [1.807, 2.05) is 16.8 Å². The first-order valence-electron chi connectivity index (χ1n) is 8.30. The lowest BCUT2D eigenvalue weighted by Gasteiger charge is -2.06. The van der Waals surface area contributed by atoms with Crippen LogP contribution in [-0.2, 0) is 17.6 Å². The molecule has 0 aliphatic carbocycles. The van der Waals surface area contributed by atoms with Crippen LogP contribution >= 0.6 is 0 Å². The summed E-state index contributed by atoms with van der Waals surface area (Å²) in [6.07, 6.45) is 3.36. The van der Waals surface area contributed by atoms with Crippen LogP contribution in [0.2, 0.25) is 0 Å². The summed E-state index contributed by atoms with van der Waals surface area (Å²) < 4.78 is 20.8. The highest BCUT2D eigenvalue weighted by Crippen LogP contribution is 2.35. The standard InChI is InChI=1S/C19H18FN3O2/c1-12(24)21-9-6-16-18(13-2-4-14(20)5-3-13)22-23-10-7-17-15(19(16)23)8-11-25-17/h2-5,7,10H,6,8-9,11H2,1H3,(H,21,24). The Morgan fingerprint density at radius 1 is 1.32 bits per heavy atom. The molecule has 0 spiro atoms. The summed E-state index contributed by atoms with van der Waals surface area (Å²) >= 11 is 0. The lowest BCUT2D eigenvalue weighted by molar-refractivity contribution is -0.118. The average molecular weight is 339 g/mol. The van der Waals surface area contributed by atoms with Gasteiger partial charge in [-0.05, 0) is 36.8 Å². The number of hydrogen-bond acceptors (Lipinski definition) is 3. The van der Waals surface area contributed by atoms with Gasteiger partial charge >= 0.3 is 0 Å². The summed E-state index contributed by atoms with van der Waals surface area (Å²) in [6.45, 7) is 2.69. The van der Waals surface area contributed by atoms with Gasteiger partial charge in [0.05, 0.1) is 17.8 Å².